The largest absolute Gasteiger partial charge is 0.507 e. The Morgan fingerprint density at radius 2 is 1.76 bits per heavy atom. The van der Waals surface area contributed by atoms with Crippen LogP contribution >= 0.6 is 0 Å². The number of para-hydroxylation sites is 3. The number of aromatic hydroxyl groups is 1. The Hall–Kier alpha value is -3.14. The van der Waals surface area contributed by atoms with E-state index in [0.29, 0.717) is 12.0 Å². The van der Waals surface area contributed by atoms with Crippen LogP contribution in [0, 0.1) is 5.82 Å². The molecule has 0 radical (unpaired) electrons. The lowest BCUT2D eigenvalue weighted by molar-refractivity contribution is 0.474. The molecule has 3 aromatic rings. The van der Waals surface area contributed by atoms with Crippen molar-refractivity contribution in [3.8, 4) is 5.75 Å². The van der Waals surface area contributed by atoms with Gasteiger partial charge in [0.15, 0.2) is 0 Å². The summed E-state index contributed by atoms with van der Waals surface area (Å²) in [6.07, 6.45) is 0.537. The molecule has 3 aromatic carbocycles. The molecule has 0 aromatic heterocycles. The summed E-state index contributed by atoms with van der Waals surface area (Å²) in [5.41, 5.74) is 4.01. The zero-order valence-electron chi connectivity index (χ0n) is 13.5. The first kappa shape index (κ1) is 15.4. The Labute approximate surface area is 145 Å². The Kier molecular flexibility index (Phi) is 3.94. The summed E-state index contributed by atoms with van der Waals surface area (Å²) in [6, 6.07) is 21.4. The van der Waals surface area contributed by atoms with Crippen molar-refractivity contribution in [2.75, 3.05) is 5.32 Å². The van der Waals surface area contributed by atoms with Gasteiger partial charge in [0.25, 0.3) is 0 Å². The maximum atomic E-state index is 13.7. The average molecular weight is 332 g/mol. The first-order valence-electron chi connectivity index (χ1n) is 8.18. The van der Waals surface area contributed by atoms with E-state index in [1.54, 1.807) is 18.2 Å². The molecule has 0 saturated carbocycles. The quantitative estimate of drug-likeness (QED) is 0.677. The molecule has 0 spiro atoms. The predicted molar refractivity (Wildman–Crippen MR) is 98.1 cm³/mol. The van der Waals surface area contributed by atoms with E-state index in [1.165, 1.54) is 12.1 Å². The lowest BCUT2D eigenvalue weighted by Crippen LogP contribution is -2.14. The number of nitrogens with one attached hydrogen (secondary N) is 1. The van der Waals surface area contributed by atoms with E-state index < -0.39 is 0 Å². The summed E-state index contributed by atoms with van der Waals surface area (Å²) in [6.45, 7) is 0. The third-order valence-corrected chi connectivity index (χ3v) is 4.35. The fourth-order valence-electron chi connectivity index (χ4n) is 3.13. The van der Waals surface area contributed by atoms with Crippen LogP contribution in [-0.2, 0) is 0 Å². The molecule has 4 rings (SSSR count). The van der Waals surface area contributed by atoms with Crippen molar-refractivity contribution in [3.05, 3.63) is 89.7 Å². The fourth-order valence-corrected chi connectivity index (χ4v) is 3.13. The molecule has 1 heterocycles. The van der Waals surface area contributed by atoms with Crippen LogP contribution in [-0.4, -0.2) is 10.8 Å². The van der Waals surface area contributed by atoms with Crippen molar-refractivity contribution in [2.45, 2.75) is 12.5 Å². The maximum absolute atomic E-state index is 13.7. The number of benzene rings is 3. The second-order valence-corrected chi connectivity index (χ2v) is 6.05. The third kappa shape index (κ3) is 3.11. The highest BCUT2D eigenvalue weighted by molar-refractivity contribution is 6.05. The van der Waals surface area contributed by atoms with Gasteiger partial charge in [0.2, 0.25) is 0 Å². The minimum Gasteiger partial charge on any atom is -0.507 e. The Balaban J connectivity index is 1.83. The van der Waals surface area contributed by atoms with Gasteiger partial charge < -0.3 is 10.4 Å². The highest BCUT2D eigenvalue weighted by Crippen LogP contribution is 2.36. The van der Waals surface area contributed by atoms with Gasteiger partial charge in [0, 0.05) is 12.0 Å². The topological polar surface area (TPSA) is 44.6 Å². The molecule has 1 unspecified atom stereocenters. The summed E-state index contributed by atoms with van der Waals surface area (Å²) in [5, 5.41) is 13.7. The van der Waals surface area contributed by atoms with E-state index in [4.69, 9.17) is 4.99 Å². The Morgan fingerprint density at radius 1 is 0.960 bits per heavy atom. The number of hydrogen-bond donors (Lipinski definition) is 2. The zero-order chi connectivity index (χ0) is 17.2. The van der Waals surface area contributed by atoms with Gasteiger partial charge in [-0.2, -0.15) is 0 Å². The van der Waals surface area contributed by atoms with Crippen molar-refractivity contribution in [1.82, 2.24) is 0 Å². The molecular weight excluding hydrogens is 315 g/mol. The maximum Gasteiger partial charge on any atom is 0.124 e. The molecular formula is C21H17FN2O. The van der Waals surface area contributed by atoms with Crippen LogP contribution < -0.4 is 5.32 Å². The minimum atomic E-state index is -0.266. The molecule has 4 heteroatoms. The summed E-state index contributed by atoms with van der Waals surface area (Å²) in [4.78, 5) is 4.77. The number of phenols is 1. The van der Waals surface area contributed by atoms with E-state index in [9.17, 15) is 9.50 Å². The Morgan fingerprint density at radius 3 is 2.60 bits per heavy atom. The zero-order valence-corrected chi connectivity index (χ0v) is 13.5. The van der Waals surface area contributed by atoms with E-state index in [1.807, 2.05) is 42.5 Å². The third-order valence-electron chi connectivity index (χ3n) is 4.35. The monoisotopic (exact) mass is 332 g/mol. The lowest BCUT2D eigenvalue weighted by Gasteiger charge is -2.19. The molecule has 1 aliphatic rings. The van der Waals surface area contributed by atoms with Crippen molar-refractivity contribution < 1.29 is 9.50 Å². The van der Waals surface area contributed by atoms with E-state index >= 15 is 0 Å². The molecule has 0 bridgehead atoms. The van der Waals surface area contributed by atoms with Gasteiger partial charge in [0.05, 0.1) is 23.1 Å². The van der Waals surface area contributed by atoms with Crippen molar-refractivity contribution in [1.29, 1.82) is 0 Å². The van der Waals surface area contributed by atoms with E-state index in [2.05, 4.69) is 5.32 Å². The van der Waals surface area contributed by atoms with Crippen LogP contribution in [0.5, 0.6) is 5.75 Å². The number of aliphatic imine (C=N–C) groups is 1. The molecule has 0 aliphatic carbocycles. The molecule has 3 nitrogen and oxygen atoms in total. The molecule has 124 valence electrons. The number of nitrogens with zero attached hydrogens (tertiary/aromatic N) is 1. The highest BCUT2D eigenvalue weighted by Gasteiger charge is 2.22. The first-order valence-corrected chi connectivity index (χ1v) is 8.18. The summed E-state index contributed by atoms with van der Waals surface area (Å²) in [5.74, 6) is -0.0727. The van der Waals surface area contributed by atoms with Gasteiger partial charge in [-0.05, 0) is 42.0 Å². The molecule has 0 saturated heterocycles. The number of rotatable bonds is 2. The van der Waals surface area contributed by atoms with Crippen LogP contribution in [0.2, 0.25) is 0 Å². The predicted octanol–water partition coefficient (Wildman–Crippen LogP) is 5.21. The standard InChI is InChI=1S/C21H17FN2O/c22-15-7-5-6-14(12-15)19-13-20(16-8-1-4-11-21(16)25)24-18-10-3-2-9-17(18)23-19/h1-12,19,23,25H,13H2. The second kappa shape index (κ2) is 6.40. The molecule has 0 fully saturated rings. The Bertz CT molecular complexity index is 952. The number of phenolic OH excluding ortho intramolecular Hbond substituents is 1. The van der Waals surface area contributed by atoms with Gasteiger partial charge >= 0.3 is 0 Å². The molecule has 1 atom stereocenters. The van der Waals surface area contributed by atoms with Crippen molar-refractivity contribution in [2.24, 2.45) is 4.99 Å². The van der Waals surface area contributed by atoms with Gasteiger partial charge in [-0.15, -0.1) is 0 Å². The molecule has 2 N–H and O–H groups in total. The van der Waals surface area contributed by atoms with Crippen LogP contribution in [0.25, 0.3) is 0 Å². The normalized spacial score (nSPS) is 16.4. The summed E-state index contributed by atoms with van der Waals surface area (Å²) < 4.78 is 13.7. The molecule has 25 heavy (non-hydrogen) atoms. The fraction of sp³-hybridized carbons (Fsp3) is 0.0952. The van der Waals surface area contributed by atoms with Crippen LogP contribution in [0.4, 0.5) is 15.8 Å². The van der Waals surface area contributed by atoms with E-state index in [-0.39, 0.29) is 17.6 Å². The van der Waals surface area contributed by atoms with Gasteiger partial charge in [-0.25, -0.2) is 4.39 Å². The van der Waals surface area contributed by atoms with Crippen LogP contribution in [0.1, 0.15) is 23.6 Å². The average Bonchev–Trinajstić information content (AvgIpc) is 2.81. The van der Waals surface area contributed by atoms with Crippen molar-refractivity contribution >= 4 is 17.1 Å². The SMILES string of the molecule is Oc1ccccc1C1=Nc2ccccc2NC(c2cccc(F)c2)C1. The molecule has 0 amide bonds. The van der Waals surface area contributed by atoms with Gasteiger partial charge in [-0.1, -0.05) is 36.4 Å². The second-order valence-electron chi connectivity index (χ2n) is 6.05. The number of halogens is 1. The minimum absolute atomic E-state index is 0.141. The van der Waals surface area contributed by atoms with Gasteiger partial charge in [-0.3, -0.25) is 4.99 Å². The van der Waals surface area contributed by atoms with Crippen LogP contribution in [0.15, 0.2) is 77.8 Å². The summed E-state index contributed by atoms with van der Waals surface area (Å²) in [7, 11) is 0. The van der Waals surface area contributed by atoms with Crippen molar-refractivity contribution in [3.63, 3.8) is 0 Å². The smallest absolute Gasteiger partial charge is 0.124 e. The van der Waals surface area contributed by atoms with Gasteiger partial charge in [0.1, 0.15) is 11.6 Å². The summed E-state index contributed by atoms with van der Waals surface area (Å²) >= 11 is 0. The number of fused-ring (bicyclic) bond motifs is 1. The highest BCUT2D eigenvalue weighted by atomic mass is 19.1. The van der Waals surface area contributed by atoms with Crippen LogP contribution in [0.3, 0.4) is 0 Å². The lowest BCUT2D eigenvalue weighted by atomic mass is 9.97. The van der Waals surface area contributed by atoms with E-state index in [0.717, 1.165) is 22.6 Å². The first-order chi connectivity index (χ1) is 12.2. The number of anilines is 1. The molecule has 1 aliphatic heterocycles. The number of hydrogen-bond acceptors (Lipinski definition) is 3.